The zero-order valence-electron chi connectivity index (χ0n) is 17.8. The molecule has 0 radical (unpaired) electrons. The average Bonchev–Trinajstić information content (AvgIpc) is 3.46. The number of rotatable bonds is 5. The van der Waals surface area contributed by atoms with Gasteiger partial charge in [0.25, 0.3) is 5.91 Å². The highest BCUT2D eigenvalue weighted by atomic mass is 19.1. The van der Waals surface area contributed by atoms with Crippen molar-refractivity contribution in [2.75, 3.05) is 19.7 Å². The summed E-state index contributed by atoms with van der Waals surface area (Å²) in [4.78, 5) is 19.1. The van der Waals surface area contributed by atoms with Gasteiger partial charge in [0.2, 0.25) is 0 Å². The third-order valence-corrected chi connectivity index (χ3v) is 6.35. The summed E-state index contributed by atoms with van der Waals surface area (Å²) in [5, 5.41) is 0. The molecular weight excluding hydrogens is 409 g/mol. The highest BCUT2D eigenvalue weighted by Crippen LogP contribution is 2.37. The summed E-state index contributed by atoms with van der Waals surface area (Å²) in [7, 11) is 0. The molecule has 2 aliphatic heterocycles. The zero-order valence-corrected chi connectivity index (χ0v) is 17.8. The van der Waals surface area contributed by atoms with Crippen molar-refractivity contribution in [2.45, 2.75) is 37.5 Å². The van der Waals surface area contributed by atoms with E-state index in [1.54, 1.807) is 24.7 Å². The number of likely N-dealkylation sites (tertiary alicyclic amines) is 1. The molecule has 2 fully saturated rings. The van der Waals surface area contributed by atoms with Crippen molar-refractivity contribution >= 4 is 5.91 Å². The van der Waals surface area contributed by atoms with Gasteiger partial charge in [-0.05, 0) is 54.8 Å². The lowest BCUT2D eigenvalue weighted by atomic mass is 9.87. The molecule has 1 aromatic heterocycles. The van der Waals surface area contributed by atoms with Crippen molar-refractivity contribution in [3.8, 4) is 5.75 Å². The van der Waals surface area contributed by atoms with Gasteiger partial charge < -0.3 is 18.9 Å². The van der Waals surface area contributed by atoms with E-state index in [9.17, 15) is 9.18 Å². The molecule has 1 amide bonds. The lowest BCUT2D eigenvalue weighted by molar-refractivity contribution is -0.0395. The Labute approximate surface area is 186 Å². The van der Waals surface area contributed by atoms with Gasteiger partial charge in [-0.25, -0.2) is 9.37 Å². The number of amides is 1. The van der Waals surface area contributed by atoms with Crippen molar-refractivity contribution in [3.63, 3.8) is 0 Å². The van der Waals surface area contributed by atoms with Crippen LogP contribution in [0, 0.1) is 5.82 Å². The van der Waals surface area contributed by atoms with E-state index in [1.165, 1.54) is 12.1 Å². The monoisotopic (exact) mass is 435 g/mol. The number of hydrogen-bond donors (Lipinski definition) is 0. The van der Waals surface area contributed by atoms with Crippen LogP contribution in [0.2, 0.25) is 0 Å². The average molecular weight is 435 g/mol. The van der Waals surface area contributed by atoms with E-state index in [0.29, 0.717) is 37.6 Å². The van der Waals surface area contributed by atoms with E-state index in [2.05, 4.69) is 4.98 Å². The van der Waals surface area contributed by atoms with Gasteiger partial charge in [0.15, 0.2) is 0 Å². The van der Waals surface area contributed by atoms with Crippen molar-refractivity contribution in [3.05, 3.63) is 84.2 Å². The minimum atomic E-state index is -0.277. The van der Waals surface area contributed by atoms with Crippen molar-refractivity contribution in [2.24, 2.45) is 0 Å². The Morgan fingerprint density at radius 1 is 1.19 bits per heavy atom. The van der Waals surface area contributed by atoms with Crippen LogP contribution < -0.4 is 4.74 Å². The zero-order chi connectivity index (χ0) is 22.0. The first-order valence-electron chi connectivity index (χ1n) is 11.0. The molecule has 0 N–H and O–H groups in total. The quantitative estimate of drug-likeness (QED) is 0.610. The molecule has 5 rings (SSSR count). The first kappa shape index (κ1) is 20.7. The first-order chi connectivity index (χ1) is 15.6. The standard InChI is InChI=1S/C25H26FN3O3/c26-21-4-6-22(7-5-21)32-23-15-25(31-17-23)8-11-29(12-9-25)24(30)20-3-1-2-19(14-20)16-28-13-10-27-18-28/h1-7,10,13-14,18,23H,8-9,11-12,15-17H2/t23-/m1/s1. The van der Waals surface area contributed by atoms with Gasteiger partial charge in [0.05, 0.1) is 18.5 Å². The second kappa shape index (κ2) is 8.74. The maximum absolute atomic E-state index is 13.1. The molecule has 2 aliphatic rings. The molecule has 0 unspecified atom stereocenters. The lowest BCUT2D eigenvalue weighted by Crippen LogP contribution is -2.46. The molecule has 32 heavy (non-hydrogen) atoms. The maximum Gasteiger partial charge on any atom is 0.253 e. The van der Waals surface area contributed by atoms with Crippen LogP contribution in [0.25, 0.3) is 0 Å². The second-order valence-electron chi connectivity index (χ2n) is 8.62. The fourth-order valence-corrected chi connectivity index (χ4v) is 4.63. The van der Waals surface area contributed by atoms with Gasteiger partial charge in [0, 0.05) is 44.0 Å². The van der Waals surface area contributed by atoms with Gasteiger partial charge >= 0.3 is 0 Å². The van der Waals surface area contributed by atoms with Crippen molar-refractivity contribution in [1.82, 2.24) is 14.5 Å². The topological polar surface area (TPSA) is 56.6 Å². The molecule has 3 heterocycles. The van der Waals surface area contributed by atoms with Gasteiger partial charge in [-0.1, -0.05) is 12.1 Å². The van der Waals surface area contributed by atoms with Gasteiger partial charge in [-0.2, -0.15) is 0 Å². The molecule has 2 saturated heterocycles. The Morgan fingerprint density at radius 2 is 2.00 bits per heavy atom. The number of ether oxygens (including phenoxy) is 2. The van der Waals surface area contributed by atoms with E-state index < -0.39 is 0 Å². The van der Waals surface area contributed by atoms with Crippen LogP contribution in [-0.4, -0.2) is 51.8 Å². The molecule has 2 aromatic carbocycles. The number of piperidine rings is 1. The van der Waals surface area contributed by atoms with E-state index >= 15 is 0 Å². The Balaban J connectivity index is 1.17. The van der Waals surface area contributed by atoms with Crippen molar-refractivity contribution in [1.29, 1.82) is 0 Å². The van der Waals surface area contributed by atoms with Crippen LogP contribution in [0.5, 0.6) is 5.75 Å². The number of aromatic nitrogens is 2. The Hall–Kier alpha value is -3.19. The highest BCUT2D eigenvalue weighted by molar-refractivity contribution is 5.94. The second-order valence-corrected chi connectivity index (χ2v) is 8.62. The summed E-state index contributed by atoms with van der Waals surface area (Å²) in [6.07, 6.45) is 7.74. The van der Waals surface area contributed by atoms with E-state index in [4.69, 9.17) is 9.47 Å². The summed E-state index contributed by atoms with van der Waals surface area (Å²) in [5.41, 5.74) is 1.54. The Morgan fingerprint density at radius 3 is 2.75 bits per heavy atom. The lowest BCUT2D eigenvalue weighted by Gasteiger charge is -2.38. The molecule has 0 saturated carbocycles. The van der Waals surface area contributed by atoms with Crippen LogP contribution in [0.3, 0.4) is 0 Å². The number of imidazole rings is 1. The predicted octanol–water partition coefficient (Wildman–Crippen LogP) is 3.91. The number of nitrogens with zero attached hydrogens (tertiary/aromatic N) is 3. The third kappa shape index (κ3) is 4.53. The molecule has 166 valence electrons. The molecule has 1 spiro atoms. The molecular formula is C25H26FN3O3. The fourth-order valence-electron chi connectivity index (χ4n) is 4.63. The Kier molecular flexibility index (Phi) is 5.66. The number of benzene rings is 2. The van der Waals surface area contributed by atoms with Gasteiger partial charge in [-0.15, -0.1) is 0 Å². The van der Waals surface area contributed by atoms with E-state index in [0.717, 1.165) is 24.8 Å². The molecule has 3 aromatic rings. The molecule has 6 nitrogen and oxygen atoms in total. The maximum atomic E-state index is 13.1. The normalized spacial score (nSPS) is 19.9. The van der Waals surface area contributed by atoms with E-state index in [-0.39, 0.29) is 23.4 Å². The first-order valence-corrected chi connectivity index (χ1v) is 11.0. The molecule has 1 atom stereocenters. The van der Waals surface area contributed by atoms with Crippen LogP contribution in [0.4, 0.5) is 4.39 Å². The number of carbonyl (C=O) groups is 1. The largest absolute Gasteiger partial charge is 0.488 e. The number of halogens is 1. The fraction of sp³-hybridized carbons (Fsp3) is 0.360. The minimum absolute atomic E-state index is 0.0532. The summed E-state index contributed by atoms with van der Waals surface area (Å²) in [6, 6.07) is 13.9. The minimum Gasteiger partial charge on any atom is -0.488 e. The summed E-state index contributed by atoms with van der Waals surface area (Å²) < 4.78 is 27.2. The molecule has 0 aliphatic carbocycles. The Bertz CT molecular complexity index is 1060. The predicted molar refractivity (Wildman–Crippen MR) is 117 cm³/mol. The molecule has 7 heteroatoms. The highest BCUT2D eigenvalue weighted by Gasteiger charge is 2.44. The number of hydrogen-bond acceptors (Lipinski definition) is 4. The van der Waals surface area contributed by atoms with Gasteiger partial charge in [-0.3, -0.25) is 4.79 Å². The summed E-state index contributed by atoms with van der Waals surface area (Å²) in [5.74, 6) is 0.436. The van der Waals surface area contributed by atoms with Crippen molar-refractivity contribution < 1.29 is 18.7 Å². The molecule has 0 bridgehead atoms. The summed E-state index contributed by atoms with van der Waals surface area (Å²) >= 11 is 0. The number of carbonyl (C=O) groups excluding carboxylic acids is 1. The third-order valence-electron chi connectivity index (χ3n) is 6.35. The van der Waals surface area contributed by atoms with Gasteiger partial charge in [0.1, 0.15) is 17.7 Å². The van der Waals surface area contributed by atoms with Crippen LogP contribution in [-0.2, 0) is 11.3 Å². The SMILES string of the molecule is O=C(c1cccc(Cn2ccnc2)c1)N1CCC2(CC1)C[C@@H](Oc1ccc(F)cc1)CO2. The van der Waals surface area contributed by atoms with Crippen LogP contribution >= 0.6 is 0 Å². The van der Waals surface area contributed by atoms with Crippen LogP contribution in [0.1, 0.15) is 35.2 Å². The van der Waals surface area contributed by atoms with Crippen LogP contribution in [0.15, 0.2) is 67.3 Å². The summed E-state index contributed by atoms with van der Waals surface area (Å²) in [6.45, 7) is 2.52. The smallest absolute Gasteiger partial charge is 0.253 e. The van der Waals surface area contributed by atoms with E-state index in [1.807, 2.05) is 39.9 Å².